The van der Waals surface area contributed by atoms with Crippen LogP contribution in [0, 0.1) is 0 Å². The quantitative estimate of drug-likeness (QED) is 0.656. The van der Waals surface area contributed by atoms with Crippen LogP contribution in [0.5, 0.6) is 0 Å². The highest BCUT2D eigenvalue weighted by molar-refractivity contribution is 5.86. The van der Waals surface area contributed by atoms with Gasteiger partial charge >= 0.3 is 5.97 Å². The first-order chi connectivity index (χ1) is 6.27. The zero-order chi connectivity index (χ0) is 9.68. The third-order valence-electron chi connectivity index (χ3n) is 1.57. The van der Waals surface area contributed by atoms with Crippen LogP contribution in [0.2, 0.25) is 0 Å². The van der Waals surface area contributed by atoms with Crippen LogP contribution in [-0.4, -0.2) is 23.0 Å². The monoisotopic (exact) mass is 180 g/mol. The van der Waals surface area contributed by atoms with Gasteiger partial charge in [-0.3, -0.25) is 0 Å². The minimum absolute atomic E-state index is 0.320. The Morgan fingerprint density at radius 3 is 3.00 bits per heavy atom. The van der Waals surface area contributed by atoms with E-state index >= 15 is 0 Å². The zero-order valence-corrected chi connectivity index (χ0v) is 7.78. The fourth-order valence-electron chi connectivity index (χ4n) is 0.961. The van der Waals surface area contributed by atoms with Crippen molar-refractivity contribution in [3.8, 4) is 0 Å². The van der Waals surface area contributed by atoms with Crippen molar-refractivity contribution < 1.29 is 9.53 Å². The lowest BCUT2D eigenvalue weighted by molar-refractivity contribution is 0.0593. The van der Waals surface area contributed by atoms with Crippen molar-refractivity contribution in [2.75, 3.05) is 7.11 Å². The molecule has 0 atom stereocenters. The Balaban J connectivity index is 2.85. The highest BCUT2D eigenvalue weighted by Gasteiger charge is 2.07. The average Bonchev–Trinajstić information content (AvgIpc) is 2.18. The topological polar surface area (TPSA) is 52.1 Å². The SMILES string of the molecule is CCCc1nccc(C(=O)OC)n1. The third kappa shape index (κ3) is 2.50. The molecule has 0 radical (unpaired) electrons. The van der Waals surface area contributed by atoms with Crippen LogP contribution in [-0.2, 0) is 11.2 Å². The molecule has 1 heterocycles. The minimum Gasteiger partial charge on any atom is -0.464 e. The molecule has 0 spiro atoms. The molecule has 0 bridgehead atoms. The molecular formula is C9H12N2O2. The number of hydrogen-bond acceptors (Lipinski definition) is 4. The molecule has 1 aromatic rings. The van der Waals surface area contributed by atoms with E-state index in [-0.39, 0.29) is 0 Å². The number of carbonyl (C=O) groups excluding carboxylic acids is 1. The van der Waals surface area contributed by atoms with Crippen molar-refractivity contribution in [3.63, 3.8) is 0 Å². The second kappa shape index (κ2) is 4.54. The smallest absolute Gasteiger partial charge is 0.356 e. The molecule has 4 nitrogen and oxygen atoms in total. The number of aryl methyl sites for hydroxylation is 1. The molecule has 1 rings (SSSR count). The summed E-state index contributed by atoms with van der Waals surface area (Å²) in [6.45, 7) is 2.04. The van der Waals surface area contributed by atoms with Crippen LogP contribution in [0.25, 0.3) is 0 Å². The van der Waals surface area contributed by atoms with Gasteiger partial charge in [-0.25, -0.2) is 14.8 Å². The van der Waals surface area contributed by atoms with Gasteiger partial charge in [-0.1, -0.05) is 6.92 Å². The molecule has 0 aromatic carbocycles. The standard InChI is InChI=1S/C9H12N2O2/c1-3-4-8-10-6-5-7(11-8)9(12)13-2/h5-6H,3-4H2,1-2H3. The molecule has 0 N–H and O–H groups in total. The molecule has 0 aliphatic heterocycles. The van der Waals surface area contributed by atoms with E-state index in [1.807, 2.05) is 6.92 Å². The summed E-state index contributed by atoms with van der Waals surface area (Å²) in [5, 5.41) is 0. The van der Waals surface area contributed by atoms with E-state index in [9.17, 15) is 4.79 Å². The normalized spacial score (nSPS) is 9.69. The summed E-state index contributed by atoms with van der Waals surface area (Å²) >= 11 is 0. The number of nitrogens with zero attached hydrogens (tertiary/aromatic N) is 2. The molecule has 0 unspecified atom stereocenters. The number of ether oxygens (including phenoxy) is 1. The molecule has 0 saturated carbocycles. The second-order valence-electron chi connectivity index (χ2n) is 2.60. The number of esters is 1. The van der Waals surface area contributed by atoms with Crippen molar-refractivity contribution in [2.24, 2.45) is 0 Å². The summed E-state index contributed by atoms with van der Waals surface area (Å²) in [7, 11) is 1.34. The maximum Gasteiger partial charge on any atom is 0.356 e. The van der Waals surface area contributed by atoms with E-state index in [4.69, 9.17) is 0 Å². The Bertz CT molecular complexity index is 299. The molecule has 70 valence electrons. The van der Waals surface area contributed by atoms with Gasteiger partial charge in [0.05, 0.1) is 7.11 Å². The number of hydrogen-bond donors (Lipinski definition) is 0. The highest BCUT2D eigenvalue weighted by atomic mass is 16.5. The van der Waals surface area contributed by atoms with E-state index in [1.165, 1.54) is 7.11 Å². The van der Waals surface area contributed by atoms with Gasteiger partial charge in [0, 0.05) is 12.6 Å². The Kier molecular flexibility index (Phi) is 3.37. The van der Waals surface area contributed by atoms with Gasteiger partial charge in [-0.2, -0.15) is 0 Å². The first-order valence-electron chi connectivity index (χ1n) is 4.18. The van der Waals surface area contributed by atoms with Gasteiger partial charge < -0.3 is 4.74 Å². The highest BCUT2D eigenvalue weighted by Crippen LogP contribution is 1.99. The van der Waals surface area contributed by atoms with Crippen LogP contribution < -0.4 is 0 Å². The number of rotatable bonds is 3. The number of methoxy groups -OCH3 is 1. The number of carbonyl (C=O) groups is 1. The van der Waals surface area contributed by atoms with E-state index in [0.717, 1.165) is 12.8 Å². The van der Waals surface area contributed by atoms with E-state index in [1.54, 1.807) is 12.3 Å². The van der Waals surface area contributed by atoms with Crippen molar-refractivity contribution in [1.82, 2.24) is 9.97 Å². The summed E-state index contributed by atoms with van der Waals surface area (Å²) < 4.78 is 4.54. The zero-order valence-electron chi connectivity index (χ0n) is 7.78. The molecule has 13 heavy (non-hydrogen) atoms. The Morgan fingerprint density at radius 1 is 1.62 bits per heavy atom. The lowest BCUT2D eigenvalue weighted by atomic mass is 10.3. The molecular weight excluding hydrogens is 168 g/mol. The van der Waals surface area contributed by atoms with E-state index < -0.39 is 5.97 Å². The van der Waals surface area contributed by atoms with Crippen LogP contribution in [0.3, 0.4) is 0 Å². The van der Waals surface area contributed by atoms with Crippen molar-refractivity contribution in [3.05, 3.63) is 23.8 Å². The van der Waals surface area contributed by atoms with Gasteiger partial charge in [-0.15, -0.1) is 0 Å². The van der Waals surface area contributed by atoms with Gasteiger partial charge in [0.25, 0.3) is 0 Å². The van der Waals surface area contributed by atoms with Gasteiger partial charge in [0.1, 0.15) is 5.82 Å². The Morgan fingerprint density at radius 2 is 2.38 bits per heavy atom. The van der Waals surface area contributed by atoms with Crippen molar-refractivity contribution in [2.45, 2.75) is 19.8 Å². The third-order valence-corrected chi connectivity index (χ3v) is 1.57. The molecule has 4 heteroatoms. The second-order valence-corrected chi connectivity index (χ2v) is 2.60. The lowest BCUT2D eigenvalue weighted by Crippen LogP contribution is -2.07. The summed E-state index contributed by atoms with van der Waals surface area (Å²) in [6.07, 6.45) is 3.32. The summed E-state index contributed by atoms with van der Waals surface area (Å²) in [6, 6.07) is 1.55. The molecule has 1 aromatic heterocycles. The van der Waals surface area contributed by atoms with Crippen LogP contribution in [0.1, 0.15) is 29.7 Å². The van der Waals surface area contributed by atoms with E-state index in [2.05, 4.69) is 14.7 Å². The molecule has 0 saturated heterocycles. The van der Waals surface area contributed by atoms with Gasteiger partial charge in [0.15, 0.2) is 5.69 Å². The summed E-state index contributed by atoms with van der Waals surface area (Å²) in [4.78, 5) is 19.1. The molecule has 0 fully saturated rings. The molecule has 0 aliphatic carbocycles. The van der Waals surface area contributed by atoms with Crippen molar-refractivity contribution >= 4 is 5.97 Å². The lowest BCUT2D eigenvalue weighted by Gasteiger charge is -2.00. The van der Waals surface area contributed by atoms with Crippen LogP contribution in [0.15, 0.2) is 12.3 Å². The summed E-state index contributed by atoms with van der Waals surface area (Å²) in [5.41, 5.74) is 0.320. The van der Waals surface area contributed by atoms with Crippen LogP contribution in [0.4, 0.5) is 0 Å². The fraction of sp³-hybridized carbons (Fsp3) is 0.444. The van der Waals surface area contributed by atoms with Gasteiger partial charge in [-0.05, 0) is 12.5 Å². The minimum atomic E-state index is -0.417. The molecule has 0 amide bonds. The van der Waals surface area contributed by atoms with Crippen molar-refractivity contribution in [1.29, 1.82) is 0 Å². The first kappa shape index (κ1) is 9.64. The fourth-order valence-corrected chi connectivity index (χ4v) is 0.961. The predicted molar refractivity (Wildman–Crippen MR) is 47.4 cm³/mol. The average molecular weight is 180 g/mol. The largest absolute Gasteiger partial charge is 0.464 e. The Hall–Kier alpha value is -1.45. The number of aromatic nitrogens is 2. The summed E-state index contributed by atoms with van der Waals surface area (Å²) in [5.74, 6) is 0.269. The molecule has 0 aliphatic rings. The maximum absolute atomic E-state index is 11.1. The van der Waals surface area contributed by atoms with Gasteiger partial charge in [0.2, 0.25) is 0 Å². The first-order valence-corrected chi connectivity index (χ1v) is 4.18. The van der Waals surface area contributed by atoms with E-state index in [0.29, 0.717) is 11.5 Å². The van der Waals surface area contributed by atoms with Crippen LogP contribution >= 0.6 is 0 Å². The predicted octanol–water partition coefficient (Wildman–Crippen LogP) is 1.22. The Labute approximate surface area is 77.0 Å². The maximum atomic E-state index is 11.1.